The third-order valence-corrected chi connectivity index (χ3v) is 4.86. The summed E-state index contributed by atoms with van der Waals surface area (Å²) in [5, 5.41) is 6.44. The highest BCUT2D eigenvalue weighted by molar-refractivity contribution is 7.71. The van der Waals surface area contributed by atoms with E-state index < -0.39 is 0 Å². The van der Waals surface area contributed by atoms with E-state index in [1.165, 1.54) is 5.56 Å². The van der Waals surface area contributed by atoms with Crippen LogP contribution in [-0.4, -0.2) is 24.0 Å². The number of carbonyl (C=O) groups excluding carboxylic acids is 1. The molecule has 0 radical (unpaired) electrons. The summed E-state index contributed by atoms with van der Waals surface area (Å²) in [6.45, 7) is 2.03. The van der Waals surface area contributed by atoms with Crippen molar-refractivity contribution in [3.05, 3.63) is 58.4 Å². The number of rotatable bonds is 3. The summed E-state index contributed by atoms with van der Waals surface area (Å²) < 4.78 is 5.40. The summed E-state index contributed by atoms with van der Waals surface area (Å²) in [7, 11) is 0. The summed E-state index contributed by atoms with van der Waals surface area (Å²) in [5.41, 5.74) is 4.01. The van der Waals surface area contributed by atoms with E-state index in [1.807, 2.05) is 24.3 Å². The highest BCUT2D eigenvalue weighted by atomic mass is 32.1. The number of amides is 1. The van der Waals surface area contributed by atoms with Gasteiger partial charge in [0.15, 0.2) is 5.58 Å². The van der Waals surface area contributed by atoms with E-state index in [4.69, 9.17) is 16.6 Å². The number of aromatic nitrogens is 1. The fourth-order valence-electron chi connectivity index (χ4n) is 3.38. The van der Waals surface area contributed by atoms with Gasteiger partial charge in [-0.2, -0.15) is 0 Å². The molecule has 1 fully saturated rings. The van der Waals surface area contributed by atoms with E-state index in [0.717, 1.165) is 37.1 Å². The lowest BCUT2D eigenvalue weighted by molar-refractivity contribution is 0.102. The van der Waals surface area contributed by atoms with Gasteiger partial charge in [0.2, 0.25) is 0 Å². The van der Waals surface area contributed by atoms with Gasteiger partial charge in [0.1, 0.15) is 0 Å². The van der Waals surface area contributed by atoms with Crippen molar-refractivity contribution in [3.8, 4) is 0 Å². The van der Waals surface area contributed by atoms with Crippen LogP contribution in [0.5, 0.6) is 0 Å². The van der Waals surface area contributed by atoms with Crippen LogP contribution in [0.25, 0.3) is 11.1 Å². The SMILES string of the molecule is O=C(Nc1ccccc1C1CCNCC1)c1ccc2[nH]c(=S)oc2c1. The van der Waals surface area contributed by atoms with Crippen LogP contribution < -0.4 is 10.6 Å². The summed E-state index contributed by atoms with van der Waals surface area (Å²) in [5.74, 6) is 0.327. The van der Waals surface area contributed by atoms with Gasteiger partial charge in [-0.1, -0.05) is 18.2 Å². The van der Waals surface area contributed by atoms with Crippen molar-refractivity contribution < 1.29 is 9.21 Å². The van der Waals surface area contributed by atoms with Crippen LogP contribution in [0.4, 0.5) is 5.69 Å². The van der Waals surface area contributed by atoms with E-state index in [-0.39, 0.29) is 5.91 Å². The second kappa shape index (κ2) is 6.82. The number of piperidine rings is 1. The highest BCUT2D eigenvalue weighted by Gasteiger charge is 2.19. The van der Waals surface area contributed by atoms with E-state index in [0.29, 0.717) is 21.9 Å². The van der Waals surface area contributed by atoms with Gasteiger partial charge in [0.05, 0.1) is 5.52 Å². The van der Waals surface area contributed by atoms with Crippen LogP contribution in [0.2, 0.25) is 0 Å². The smallest absolute Gasteiger partial charge is 0.266 e. The topological polar surface area (TPSA) is 70.1 Å². The number of oxazole rings is 1. The minimum atomic E-state index is -0.148. The first-order chi connectivity index (χ1) is 12.2. The van der Waals surface area contributed by atoms with Crippen molar-refractivity contribution in [2.75, 3.05) is 18.4 Å². The molecule has 3 N–H and O–H groups in total. The van der Waals surface area contributed by atoms with Crippen molar-refractivity contribution >= 4 is 34.9 Å². The molecule has 0 atom stereocenters. The number of fused-ring (bicyclic) bond motifs is 1. The van der Waals surface area contributed by atoms with E-state index in [1.54, 1.807) is 12.1 Å². The molecule has 3 aromatic rings. The normalized spacial score (nSPS) is 15.4. The zero-order chi connectivity index (χ0) is 17.2. The molecule has 2 aromatic carbocycles. The Bertz CT molecular complexity index is 970. The molecule has 1 amide bonds. The Balaban J connectivity index is 1.60. The third kappa shape index (κ3) is 3.36. The maximum Gasteiger partial charge on any atom is 0.266 e. The molecule has 4 rings (SSSR count). The van der Waals surface area contributed by atoms with Gasteiger partial charge in [-0.15, -0.1) is 0 Å². The lowest BCUT2D eigenvalue weighted by atomic mass is 9.89. The first-order valence-electron chi connectivity index (χ1n) is 8.44. The Morgan fingerprint density at radius 2 is 1.96 bits per heavy atom. The molecular weight excluding hydrogens is 334 g/mol. The van der Waals surface area contributed by atoms with Crippen molar-refractivity contribution in [1.82, 2.24) is 10.3 Å². The lowest BCUT2D eigenvalue weighted by Crippen LogP contribution is -2.27. The monoisotopic (exact) mass is 353 g/mol. The average molecular weight is 353 g/mol. The molecule has 1 aliphatic rings. The number of anilines is 1. The number of hydrogen-bond acceptors (Lipinski definition) is 4. The molecule has 5 nitrogen and oxygen atoms in total. The van der Waals surface area contributed by atoms with Crippen LogP contribution in [0.1, 0.15) is 34.7 Å². The molecule has 0 unspecified atom stereocenters. The number of nitrogens with one attached hydrogen (secondary N) is 3. The van der Waals surface area contributed by atoms with Crippen molar-refractivity contribution in [3.63, 3.8) is 0 Å². The number of hydrogen-bond donors (Lipinski definition) is 3. The Kier molecular flexibility index (Phi) is 4.38. The second-order valence-corrected chi connectivity index (χ2v) is 6.66. The molecule has 6 heteroatoms. The Hall–Kier alpha value is -2.44. The first-order valence-corrected chi connectivity index (χ1v) is 8.85. The predicted octanol–water partition coefficient (Wildman–Crippen LogP) is 4.21. The number of carbonyl (C=O) groups is 1. The largest absolute Gasteiger partial charge is 0.429 e. The van der Waals surface area contributed by atoms with Gasteiger partial charge < -0.3 is 20.0 Å². The van der Waals surface area contributed by atoms with Crippen LogP contribution in [-0.2, 0) is 0 Å². The fraction of sp³-hybridized carbons (Fsp3) is 0.263. The van der Waals surface area contributed by atoms with Crippen molar-refractivity contribution in [1.29, 1.82) is 0 Å². The molecular formula is C19H19N3O2S. The Labute approximate surface area is 150 Å². The molecule has 0 bridgehead atoms. The Morgan fingerprint density at radius 3 is 2.80 bits per heavy atom. The maximum atomic E-state index is 12.7. The summed E-state index contributed by atoms with van der Waals surface area (Å²) in [4.78, 5) is 15.9. The summed E-state index contributed by atoms with van der Waals surface area (Å²) in [6, 6.07) is 13.4. The van der Waals surface area contributed by atoms with Gasteiger partial charge in [-0.25, -0.2) is 0 Å². The standard InChI is InChI=1S/C19H19N3O2S/c23-18(13-5-6-16-17(11-13)24-19(25)22-16)21-15-4-2-1-3-14(15)12-7-9-20-10-8-12/h1-6,11-12,20H,7-10H2,(H,21,23)(H,22,25). The highest BCUT2D eigenvalue weighted by Crippen LogP contribution is 2.31. The Morgan fingerprint density at radius 1 is 1.16 bits per heavy atom. The molecule has 2 heterocycles. The van der Waals surface area contributed by atoms with Gasteiger partial charge in [-0.05, 0) is 73.9 Å². The maximum absolute atomic E-state index is 12.7. The van der Waals surface area contributed by atoms with Gasteiger partial charge >= 0.3 is 0 Å². The van der Waals surface area contributed by atoms with Crippen LogP contribution in [0.15, 0.2) is 46.9 Å². The quantitative estimate of drug-likeness (QED) is 0.617. The summed E-state index contributed by atoms with van der Waals surface area (Å²) >= 11 is 4.99. The molecule has 0 saturated carbocycles. The molecule has 1 aromatic heterocycles. The van der Waals surface area contributed by atoms with Crippen molar-refractivity contribution in [2.24, 2.45) is 0 Å². The number of benzene rings is 2. The molecule has 25 heavy (non-hydrogen) atoms. The van der Waals surface area contributed by atoms with E-state index >= 15 is 0 Å². The first kappa shape index (κ1) is 16.1. The minimum absolute atomic E-state index is 0.148. The van der Waals surface area contributed by atoms with Crippen LogP contribution >= 0.6 is 12.2 Å². The zero-order valence-electron chi connectivity index (χ0n) is 13.7. The molecule has 1 saturated heterocycles. The third-order valence-electron chi connectivity index (χ3n) is 4.67. The zero-order valence-corrected chi connectivity index (χ0v) is 14.5. The van der Waals surface area contributed by atoms with Gasteiger partial charge in [0.25, 0.3) is 10.7 Å². The molecule has 0 aliphatic carbocycles. The number of H-pyrrole nitrogens is 1. The lowest BCUT2D eigenvalue weighted by Gasteiger charge is -2.25. The van der Waals surface area contributed by atoms with Gasteiger partial charge in [-0.3, -0.25) is 4.79 Å². The number of aromatic amines is 1. The van der Waals surface area contributed by atoms with E-state index in [9.17, 15) is 4.79 Å². The average Bonchev–Trinajstić information content (AvgIpc) is 3.02. The van der Waals surface area contributed by atoms with Crippen molar-refractivity contribution in [2.45, 2.75) is 18.8 Å². The van der Waals surface area contributed by atoms with Crippen LogP contribution in [0, 0.1) is 4.84 Å². The summed E-state index contributed by atoms with van der Waals surface area (Å²) in [6.07, 6.45) is 2.17. The van der Waals surface area contributed by atoms with E-state index in [2.05, 4.69) is 21.7 Å². The fourth-order valence-corrected chi connectivity index (χ4v) is 3.58. The predicted molar refractivity (Wildman–Crippen MR) is 101 cm³/mol. The molecule has 128 valence electrons. The van der Waals surface area contributed by atoms with Gasteiger partial charge in [0, 0.05) is 11.3 Å². The molecule has 0 spiro atoms. The number of para-hydroxylation sites is 1. The molecule has 1 aliphatic heterocycles. The van der Waals surface area contributed by atoms with Crippen LogP contribution in [0.3, 0.4) is 0 Å². The second-order valence-electron chi connectivity index (χ2n) is 6.29. The minimum Gasteiger partial charge on any atom is -0.429 e.